The van der Waals surface area contributed by atoms with Crippen molar-refractivity contribution in [1.29, 1.82) is 0 Å². The van der Waals surface area contributed by atoms with Crippen LogP contribution in [0.5, 0.6) is 5.75 Å². The molecule has 5 nitrogen and oxygen atoms in total. The van der Waals surface area contributed by atoms with Crippen molar-refractivity contribution in [3.05, 3.63) is 39.9 Å². The highest BCUT2D eigenvalue weighted by Crippen LogP contribution is 2.17. The van der Waals surface area contributed by atoms with Crippen LogP contribution < -0.4 is 4.74 Å². The van der Waals surface area contributed by atoms with Crippen molar-refractivity contribution in [3.63, 3.8) is 0 Å². The van der Waals surface area contributed by atoms with Crippen LogP contribution in [0.2, 0.25) is 0 Å². The van der Waals surface area contributed by atoms with Crippen LogP contribution in [0.1, 0.15) is 23.9 Å². The summed E-state index contributed by atoms with van der Waals surface area (Å²) in [4.78, 5) is 0. The molecule has 0 aliphatic carbocycles. The van der Waals surface area contributed by atoms with Gasteiger partial charge in [-0.15, -0.1) is 0 Å². The van der Waals surface area contributed by atoms with E-state index in [1.165, 1.54) is 0 Å². The molecule has 6 heteroatoms. The zero-order chi connectivity index (χ0) is 13.8. The summed E-state index contributed by atoms with van der Waals surface area (Å²) in [6.07, 6.45) is 2.53. The standard InChI is InChI=1S/C13H16N4OS/c1-4-12-15-16-13(19)17(12)14-8-10-5-6-11(18-3)9(2)7-10/h5-8H,4H2,1-3H3,(H,16,19)/b14-8-. The lowest BCUT2D eigenvalue weighted by Gasteiger charge is -2.04. The second-order valence-electron chi connectivity index (χ2n) is 4.08. The molecule has 0 saturated carbocycles. The normalized spacial score (nSPS) is 11.1. The number of aromatic amines is 1. The number of methoxy groups -OCH3 is 1. The van der Waals surface area contributed by atoms with Crippen LogP contribution >= 0.6 is 12.2 Å². The summed E-state index contributed by atoms with van der Waals surface area (Å²) < 4.78 is 7.36. The third kappa shape index (κ3) is 2.90. The van der Waals surface area contributed by atoms with E-state index in [2.05, 4.69) is 15.3 Å². The molecule has 0 unspecified atom stereocenters. The number of H-pyrrole nitrogens is 1. The molecule has 1 aromatic heterocycles. The van der Waals surface area contributed by atoms with Gasteiger partial charge in [-0.25, -0.2) is 0 Å². The van der Waals surface area contributed by atoms with Gasteiger partial charge in [0.1, 0.15) is 5.75 Å². The van der Waals surface area contributed by atoms with Crippen LogP contribution in [0.4, 0.5) is 0 Å². The van der Waals surface area contributed by atoms with Gasteiger partial charge in [-0.1, -0.05) is 6.92 Å². The lowest BCUT2D eigenvalue weighted by atomic mass is 10.1. The van der Waals surface area contributed by atoms with E-state index in [9.17, 15) is 0 Å². The number of aromatic nitrogens is 3. The number of benzene rings is 1. The molecule has 0 aliphatic heterocycles. The highest BCUT2D eigenvalue weighted by atomic mass is 32.1. The van der Waals surface area contributed by atoms with E-state index in [0.717, 1.165) is 29.1 Å². The van der Waals surface area contributed by atoms with E-state index in [4.69, 9.17) is 17.0 Å². The van der Waals surface area contributed by atoms with Crippen LogP contribution in [-0.2, 0) is 6.42 Å². The molecule has 1 aromatic carbocycles. The molecule has 2 aromatic rings. The second kappa shape index (κ2) is 5.79. The number of nitrogens with zero attached hydrogens (tertiary/aromatic N) is 3. The maximum absolute atomic E-state index is 5.22. The average Bonchev–Trinajstić information content (AvgIpc) is 2.77. The Morgan fingerprint density at radius 1 is 1.53 bits per heavy atom. The first kappa shape index (κ1) is 13.5. The predicted molar refractivity (Wildman–Crippen MR) is 77.5 cm³/mol. The second-order valence-corrected chi connectivity index (χ2v) is 4.47. The van der Waals surface area contributed by atoms with Crippen molar-refractivity contribution in [2.24, 2.45) is 5.10 Å². The molecule has 19 heavy (non-hydrogen) atoms. The van der Waals surface area contributed by atoms with Crippen molar-refractivity contribution in [1.82, 2.24) is 14.9 Å². The minimum absolute atomic E-state index is 0.498. The summed E-state index contributed by atoms with van der Waals surface area (Å²) in [5, 5.41) is 11.2. The van der Waals surface area contributed by atoms with Gasteiger partial charge in [0.15, 0.2) is 5.82 Å². The summed E-state index contributed by atoms with van der Waals surface area (Å²) in [7, 11) is 1.66. The maximum Gasteiger partial charge on any atom is 0.216 e. The van der Waals surface area contributed by atoms with Gasteiger partial charge >= 0.3 is 0 Å². The predicted octanol–water partition coefficient (Wildman–Crippen LogP) is 2.70. The van der Waals surface area contributed by atoms with Crippen LogP contribution in [0, 0.1) is 11.7 Å². The topological polar surface area (TPSA) is 55.2 Å². The van der Waals surface area contributed by atoms with Gasteiger partial charge in [-0.05, 0) is 48.5 Å². The Morgan fingerprint density at radius 2 is 2.32 bits per heavy atom. The fraction of sp³-hybridized carbons (Fsp3) is 0.308. The molecule has 0 spiro atoms. The van der Waals surface area contributed by atoms with Crippen LogP contribution in [0.3, 0.4) is 0 Å². The zero-order valence-electron chi connectivity index (χ0n) is 11.2. The fourth-order valence-electron chi connectivity index (χ4n) is 1.78. The first-order chi connectivity index (χ1) is 9.15. The lowest BCUT2D eigenvalue weighted by Crippen LogP contribution is -1.97. The first-order valence-electron chi connectivity index (χ1n) is 6.01. The third-order valence-electron chi connectivity index (χ3n) is 2.77. The smallest absolute Gasteiger partial charge is 0.216 e. The highest BCUT2D eigenvalue weighted by Gasteiger charge is 2.02. The summed E-state index contributed by atoms with van der Waals surface area (Å²) in [6.45, 7) is 4.01. The Labute approximate surface area is 116 Å². The van der Waals surface area contributed by atoms with Crippen LogP contribution in [0.25, 0.3) is 0 Å². The number of hydrogen-bond acceptors (Lipinski definition) is 4. The Kier molecular flexibility index (Phi) is 4.11. The molecule has 1 heterocycles. The molecule has 2 rings (SSSR count). The molecule has 0 bridgehead atoms. The monoisotopic (exact) mass is 276 g/mol. The number of rotatable bonds is 4. The minimum Gasteiger partial charge on any atom is -0.496 e. The zero-order valence-corrected chi connectivity index (χ0v) is 12.0. The Morgan fingerprint density at radius 3 is 2.95 bits per heavy atom. The van der Waals surface area contributed by atoms with Gasteiger partial charge in [-0.2, -0.15) is 14.9 Å². The van der Waals surface area contributed by atoms with E-state index in [-0.39, 0.29) is 0 Å². The molecule has 1 N–H and O–H groups in total. The van der Waals surface area contributed by atoms with E-state index in [0.29, 0.717) is 4.77 Å². The van der Waals surface area contributed by atoms with E-state index >= 15 is 0 Å². The number of hydrogen-bond donors (Lipinski definition) is 1. The fourth-order valence-corrected chi connectivity index (χ4v) is 1.98. The number of aryl methyl sites for hydroxylation is 2. The van der Waals surface area contributed by atoms with E-state index in [1.807, 2.05) is 32.0 Å². The molecular weight excluding hydrogens is 260 g/mol. The Bertz CT molecular complexity index is 657. The van der Waals surface area contributed by atoms with Crippen molar-refractivity contribution in [3.8, 4) is 5.75 Å². The quantitative estimate of drug-likeness (QED) is 0.690. The maximum atomic E-state index is 5.22. The number of ether oxygens (including phenoxy) is 1. The Balaban J connectivity index is 2.30. The van der Waals surface area contributed by atoms with Crippen LogP contribution in [-0.4, -0.2) is 28.2 Å². The van der Waals surface area contributed by atoms with Crippen LogP contribution in [0.15, 0.2) is 23.3 Å². The number of nitrogens with one attached hydrogen (secondary N) is 1. The SMILES string of the molecule is CCc1n[nH]c(=S)n1/N=C\c1ccc(OC)c(C)c1. The first-order valence-corrected chi connectivity index (χ1v) is 6.41. The molecular formula is C13H16N4OS. The molecule has 0 aliphatic rings. The summed E-state index contributed by atoms with van der Waals surface area (Å²) in [6, 6.07) is 5.88. The Hall–Kier alpha value is -1.95. The molecule has 0 radical (unpaired) electrons. The van der Waals surface area contributed by atoms with E-state index in [1.54, 1.807) is 18.0 Å². The summed E-state index contributed by atoms with van der Waals surface area (Å²) in [5.74, 6) is 1.68. The lowest BCUT2D eigenvalue weighted by molar-refractivity contribution is 0.411. The highest BCUT2D eigenvalue weighted by molar-refractivity contribution is 7.71. The molecule has 0 fully saturated rings. The summed E-state index contributed by atoms with van der Waals surface area (Å²) >= 11 is 5.13. The van der Waals surface area contributed by atoms with Gasteiger partial charge in [0.05, 0.1) is 13.3 Å². The molecule has 0 amide bonds. The summed E-state index contributed by atoms with van der Waals surface area (Å²) in [5.41, 5.74) is 2.06. The van der Waals surface area contributed by atoms with Crippen molar-refractivity contribution in [2.45, 2.75) is 20.3 Å². The van der Waals surface area contributed by atoms with Crippen molar-refractivity contribution >= 4 is 18.4 Å². The van der Waals surface area contributed by atoms with Crippen molar-refractivity contribution in [2.75, 3.05) is 7.11 Å². The average molecular weight is 276 g/mol. The van der Waals surface area contributed by atoms with Gasteiger partial charge in [0.2, 0.25) is 4.77 Å². The van der Waals surface area contributed by atoms with Gasteiger partial charge < -0.3 is 4.74 Å². The van der Waals surface area contributed by atoms with Gasteiger partial charge in [0, 0.05) is 6.42 Å². The van der Waals surface area contributed by atoms with E-state index < -0.39 is 0 Å². The van der Waals surface area contributed by atoms with Crippen molar-refractivity contribution < 1.29 is 4.74 Å². The molecule has 0 saturated heterocycles. The molecule has 100 valence electrons. The van der Waals surface area contributed by atoms with Gasteiger partial charge in [0.25, 0.3) is 0 Å². The largest absolute Gasteiger partial charge is 0.496 e. The molecule has 0 atom stereocenters. The minimum atomic E-state index is 0.498. The third-order valence-corrected chi connectivity index (χ3v) is 3.04. The van der Waals surface area contributed by atoms with Gasteiger partial charge in [-0.3, -0.25) is 5.10 Å².